The van der Waals surface area contributed by atoms with E-state index < -0.39 is 21.6 Å². The third kappa shape index (κ3) is 5.37. The average molecular weight is 296 g/mol. The molecule has 0 saturated heterocycles. The molecule has 0 saturated carbocycles. The van der Waals surface area contributed by atoms with Gasteiger partial charge in [0.15, 0.2) is 0 Å². The molecule has 4 nitrogen and oxygen atoms in total. The smallest absolute Gasteiger partial charge is 0.398 e. The van der Waals surface area contributed by atoms with Crippen molar-refractivity contribution in [2.24, 2.45) is 0 Å². The van der Waals surface area contributed by atoms with E-state index in [1.165, 1.54) is 12.1 Å². The first-order chi connectivity index (χ1) is 8.59. The van der Waals surface area contributed by atoms with E-state index in [2.05, 4.69) is 5.32 Å². The minimum absolute atomic E-state index is 0.0128. The summed E-state index contributed by atoms with van der Waals surface area (Å²) in [6.07, 6.45) is -3.07. The van der Waals surface area contributed by atoms with Crippen LogP contribution in [0.1, 0.15) is 12.0 Å². The number of nitrogen functional groups attached to an aromatic ring is 1. The monoisotopic (exact) mass is 296 g/mol. The molecule has 19 heavy (non-hydrogen) atoms. The van der Waals surface area contributed by atoms with Gasteiger partial charge in [-0.25, -0.2) is 8.42 Å². The third-order valence-electron chi connectivity index (χ3n) is 2.38. The van der Waals surface area contributed by atoms with Crippen molar-refractivity contribution in [1.82, 2.24) is 0 Å². The summed E-state index contributed by atoms with van der Waals surface area (Å²) in [7, 11) is -3.06. The normalized spacial score (nSPS) is 12.4. The van der Waals surface area contributed by atoms with E-state index in [4.69, 9.17) is 5.73 Å². The summed E-state index contributed by atoms with van der Waals surface area (Å²) in [5, 5.41) is 2.74. The lowest BCUT2D eigenvalue weighted by Gasteiger charge is -2.13. The number of sulfone groups is 1. The van der Waals surface area contributed by atoms with E-state index in [-0.39, 0.29) is 23.7 Å². The van der Waals surface area contributed by atoms with Gasteiger partial charge in [0.2, 0.25) is 0 Å². The molecule has 0 radical (unpaired) electrons. The summed E-state index contributed by atoms with van der Waals surface area (Å²) in [4.78, 5) is 0. The molecule has 0 spiro atoms. The van der Waals surface area contributed by atoms with E-state index in [1.54, 1.807) is 0 Å². The fraction of sp³-hybridized carbons (Fsp3) is 0.455. The van der Waals surface area contributed by atoms with E-state index in [9.17, 15) is 21.6 Å². The van der Waals surface area contributed by atoms with Gasteiger partial charge in [-0.2, -0.15) is 13.2 Å². The molecule has 0 bridgehead atoms. The molecule has 0 atom stereocenters. The maximum Gasteiger partial charge on any atom is 0.418 e. The van der Waals surface area contributed by atoms with Crippen LogP contribution in [0.25, 0.3) is 0 Å². The van der Waals surface area contributed by atoms with Gasteiger partial charge in [0.1, 0.15) is 9.84 Å². The number of anilines is 2. The lowest BCUT2D eigenvalue weighted by atomic mass is 10.1. The molecule has 108 valence electrons. The van der Waals surface area contributed by atoms with Crippen molar-refractivity contribution in [3.63, 3.8) is 0 Å². The van der Waals surface area contributed by atoms with Gasteiger partial charge in [0, 0.05) is 24.2 Å². The molecule has 1 aromatic carbocycles. The Kier molecular flexibility index (Phi) is 4.67. The standard InChI is InChI=1S/C11H15F3N2O2S/c1-19(17,18)6-2-5-16-8-3-4-10(15)9(7-8)11(12,13)14/h3-4,7,16H,2,5-6,15H2,1H3. The maximum atomic E-state index is 12.6. The zero-order valence-electron chi connectivity index (χ0n) is 10.3. The lowest BCUT2D eigenvalue weighted by molar-refractivity contribution is -0.136. The van der Waals surface area contributed by atoms with Crippen LogP contribution in [0.4, 0.5) is 24.5 Å². The Hall–Kier alpha value is -1.44. The molecule has 1 aromatic rings. The number of rotatable bonds is 5. The van der Waals surface area contributed by atoms with Crippen molar-refractivity contribution >= 4 is 21.2 Å². The summed E-state index contributed by atoms with van der Waals surface area (Å²) in [5.41, 5.74) is 4.28. The summed E-state index contributed by atoms with van der Waals surface area (Å²) in [6.45, 7) is 0.272. The SMILES string of the molecule is CS(=O)(=O)CCCNc1ccc(N)c(C(F)(F)F)c1. The predicted octanol–water partition coefficient (Wildman–Crippen LogP) is 2.13. The summed E-state index contributed by atoms with van der Waals surface area (Å²) >= 11 is 0. The molecule has 8 heteroatoms. The number of hydrogen-bond donors (Lipinski definition) is 2. The highest BCUT2D eigenvalue weighted by Crippen LogP contribution is 2.35. The van der Waals surface area contributed by atoms with Crippen molar-refractivity contribution in [1.29, 1.82) is 0 Å². The fourth-order valence-electron chi connectivity index (χ4n) is 1.48. The van der Waals surface area contributed by atoms with Gasteiger partial charge in [0.25, 0.3) is 0 Å². The minimum atomic E-state index is -4.51. The number of nitrogens with one attached hydrogen (secondary N) is 1. The largest absolute Gasteiger partial charge is 0.418 e. The van der Waals surface area contributed by atoms with Crippen molar-refractivity contribution in [2.75, 3.05) is 29.6 Å². The molecule has 0 heterocycles. The molecular formula is C11H15F3N2O2S. The number of alkyl halides is 3. The number of halogens is 3. The van der Waals surface area contributed by atoms with Gasteiger partial charge in [-0.1, -0.05) is 0 Å². The highest BCUT2D eigenvalue weighted by molar-refractivity contribution is 7.90. The van der Waals surface area contributed by atoms with E-state index in [1.807, 2.05) is 0 Å². The van der Waals surface area contributed by atoms with E-state index >= 15 is 0 Å². The third-order valence-corrected chi connectivity index (χ3v) is 3.41. The van der Waals surface area contributed by atoms with Crippen LogP contribution in [0.5, 0.6) is 0 Å². The molecule has 0 aliphatic carbocycles. The van der Waals surface area contributed by atoms with E-state index in [0.29, 0.717) is 6.42 Å². The van der Waals surface area contributed by atoms with Gasteiger partial charge in [-0.05, 0) is 24.6 Å². The molecule has 0 amide bonds. The Morgan fingerprint density at radius 1 is 1.32 bits per heavy atom. The lowest BCUT2D eigenvalue weighted by Crippen LogP contribution is -2.12. The first-order valence-electron chi connectivity index (χ1n) is 5.48. The summed E-state index contributed by atoms with van der Waals surface area (Å²) in [6, 6.07) is 3.50. The summed E-state index contributed by atoms with van der Waals surface area (Å²) < 4.78 is 59.5. The second-order valence-electron chi connectivity index (χ2n) is 4.21. The molecule has 0 aromatic heterocycles. The molecule has 0 aliphatic rings. The molecule has 0 unspecified atom stereocenters. The predicted molar refractivity (Wildman–Crippen MR) is 68.7 cm³/mol. The first-order valence-corrected chi connectivity index (χ1v) is 7.54. The summed E-state index contributed by atoms with van der Waals surface area (Å²) in [5.74, 6) is -0.0128. The Balaban J connectivity index is 2.66. The second kappa shape index (κ2) is 5.68. The Morgan fingerprint density at radius 2 is 1.95 bits per heavy atom. The topological polar surface area (TPSA) is 72.2 Å². The number of nitrogens with two attached hydrogens (primary N) is 1. The van der Waals surface area contributed by atoms with Gasteiger partial charge in [-0.15, -0.1) is 0 Å². The van der Waals surface area contributed by atoms with Crippen LogP contribution in [0, 0.1) is 0 Å². The Bertz CT molecular complexity index is 541. The van der Waals surface area contributed by atoms with Crippen LogP contribution < -0.4 is 11.1 Å². The average Bonchev–Trinajstić information content (AvgIpc) is 2.23. The first kappa shape index (κ1) is 15.6. The van der Waals surface area contributed by atoms with Crippen LogP contribution in [-0.4, -0.2) is 27.0 Å². The Morgan fingerprint density at radius 3 is 2.47 bits per heavy atom. The maximum absolute atomic E-state index is 12.6. The molecule has 1 rings (SSSR count). The number of benzene rings is 1. The van der Waals surface area contributed by atoms with Gasteiger partial charge >= 0.3 is 6.18 Å². The zero-order valence-corrected chi connectivity index (χ0v) is 11.1. The number of hydrogen-bond acceptors (Lipinski definition) is 4. The van der Waals surface area contributed by atoms with Crippen LogP contribution >= 0.6 is 0 Å². The van der Waals surface area contributed by atoms with Gasteiger partial charge in [0.05, 0.1) is 11.3 Å². The fourth-order valence-corrected chi connectivity index (χ4v) is 2.15. The quantitative estimate of drug-likeness (QED) is 0.645. The second-order valence-corrected chi connectivity index (χ2v) is 6.47. The highest BCUT2D eigenvalue weighted by atomic mass is 32.2. The van der Waals surface area contributed by atoms with Crippen molar-refractivity contribution in [3.8, 4) is 0 Å². The van der Waals surface area contributed by atoms with E-state index in [0.717, 1.165) is 12.3 Å². The Labute approximate surface area is 109 Å². The van der Waals surface area contributed by atoms with Gasteiger partial charge in [-0.3, -0.25) is 0 Å². The van der Waals surface area contributed by atoms with Crippen molar-refractivity contribution in [2.45, 2.75) is 12.6 Å². The molecule has 0 aliphatic heterocycles. The van der Waals surface area contributed by atoms with Crippen molar-refractivity contribution < 1.29 is 21.6 Å². The van der Waals surface area contributed by atoms with Crippen LogP contribution in [0.15, 0.2) is 18.2 Å². The van der Waals surface area contributed by atoms with Crippen molar-refractivity contribution in [3.05, 3.63) is 23.8 Å². The zero-order chi connectivity index (χ0) is 14.7. The van der Waals surface area contributed by atoms with Crippen LogP contribution in [0.3, 0.4) is 0 Å². The van der Waals surface area contributed by atoms with Gasteiger partial charge < -0.3 is 11.1 Å². The molecular weight excluding hydrogens is 281 g/mol. The van der Waals surface area contributed by atoms with Crippen LogP contribution in [0.2, 0.25) is 0 Å². The van der Waals surface area contributed by atoms with Crippen LogP contribution in [-0.2, 0) is 16.0 Å². The highest BCUT2D eigenvalue weighted by Gasteiger charge is 2.33. The minimum Gasteiger partial charge on any atom is -0.398 e. The molecule has 3 N–H and O–H groups in total. The molecule has 0 fully saturated rings.